The predicted octanol–water partition coefficient (Wildman–Crippen LogP) is 3.63. The molecule has 0 bridgehead atoms. The first-order valence-electron chi connectivity index (χ1n) is 6.89. The molecule has 0 aliphatic heterocycles. The topological polar surface area (TPSA) is 26.3 Å². The van der Waals surface area contributed by atoms with Crippen LogP contribution in [0.5, 0.6) is 5.75 Å². The molecule has 4 heteroatoms. The van der Waals surface area contributed by atoms with Crippen LogP contribution in [0.4, 0.5) is 4.39 Å². The van der Waals surface area contributed by atoms with Gasteiger partial charge in [0.15, 0.2) is 0 Å². The van der Waals surface area contributed by atoms with Gasteiger partial charge in [-0.3, -0.25) is 4.21 Å². The van der Waals surface area contributed by atoms with Crippen LogP contribution < -0.4 is 4.74 Å². The van der Waals surface area contributed by atoms with E-state index in [0.29, 0.717) is 24.0 Å². The van der Waals surface area contributed by atoms with Crippen molar-refractivity contribution in [3.05, 3.63) is 29.6 Å². The average Bonchev–Trinajstić information content (AvgIpc) is 2.39. The molecule has 0 spiro atoms. The Morgan fingerprint density at radius 3 is 2.68 bits per heavy atom. The number of hydrogen-bond acceptors (Lipinski definition) is 2. The third-order valence-corrected chi connectivity index (χ3v) is 4.40. The summed E-state index contributed by atoms with van der Waals surface area (Å²) in [5.41, 5.74) is 0.825. The van der Waals surface area contributed by atoms with E-state index in [1.807, 2.05) is 12.1 Å². The summed E-state index contributed by atoms with van der Waals surface area (Å²) >= 11 is 0. The zero-order valence-electron chi connectivity index (χ0n) is 11.4. The maximum absolute atomic E-state index is 14.1. The van der Waals surface area contributed by atoms with Crippen LogP contribution in [0, 0.1) is 5.82 Å². The van der Waals surface area contributed by atoms with Gasteiger partial charge in [-0.2, -0.15) is 0 Å². The minimum atomic E-state index is -0.872. The van der Waals surface area contributed by atoms with E-state index in [9.17, 15) is 8.60 Å². The Bertz CT molecular complexity index is 442. The Kier molecular flexibility index (Phi) is 5.37. The normalized spacial score (nSPS) is 18.2. The van der Waals surface area contributed by atoms with E-state index in [-0.39, 0.29) is 5.82 Å². The molecule has 0 N–H and O–H groups in total. The lowest BCUT2D eigenvalue weighted by molar-refractivity contribution is 0.339. The SMILES string of the molecule is CS(=O)CCOc1ccc(C2CCCCC2)c(F)c1. The van der Waals surface area contributed by atoms with Gasteiger partial charge in [-0.05, 0) is 30.4 Å². The second kappa shape index (κ2) is 7.04. The lowest BCUT2D eigenvalue weighted by Gasteiger charge is -2.22. The van der Waals surface area contributed by atoms with Crippen LogP contribution in [0.15, 0.2) is 18.2 Å². The van der Waals surface area contributed by atoms with Gasteiger partial charge in [0.05, 0.1) is 12.4 Å². The summed E-state index contributed by atoms with van der Waals surface area (Å²) in [5.74, 6) is 1.21. The molecule has 1 aliphatic rings. The van der Waals surface area contributed by atoms with Crippen LogP contribution in [0.25, 0.3) is 0 Å². The molecule has 1 atom stereocenters. The Morgan fingerprint density at radius 2 is 2.05 bits per heavy atom. The fourth-order valence-corrected chi connectivity index (χ4v) is 2.94. The molecule has 2 rings (SSSR count). The van der Waals surface area contributed by atoms with Crippen molar-refractivity contribution in [3.8, 4) is 5.75 Å². The van der Waals surface area contributed by atoms with Gasteiger partial charge in [0.25, 0.3) is 0 Å². The molecular formula is C15H21FO2S. The summed E-state index contributed by atoms with van der Waals surface area (Å²) in [6.45, 7) is 0.366. The van der Waals surface area contributed by atoms with Gasteiger partial charge >= 0.3 is 0 Å². The van der Waals surface area contributed by atoms with E-state index in [0.717, 1.165) is 18.4 Å². The van der Waals surface area contributed by atoms with Crippen LogP contribution in [0.1, 0.15) is 43.6 Å². The van der Waals surface area contributed by atoms with E-state index in [1.165, 1.54) is 25.3 Å². The monoisotopic (exact) mass is 284 g/mol. The van der Waals surface area contributed by atoms with Crippen molar-refractivity contribution in [2.75, 3.05) is 18.6 Å². The molecule has 106 valence electrons. The molecule has 1 fully saturated rings. The highest BCUT2D eigenvalue weighted by Crippen LogP contribution is 2.34. The fourth-order valence-electron chi connectivity index (χ4n) is 2.62. The van der Waals surface area contributed by atoms with Gasteiger partial charge in [-0.1, -0.05) is 25.3 Å². The van der Waals surface area contributed by atoms with E-state index < -0.39 is 10.8 Å². The van der Waals surface area contributed by atoms with Gasteiger partial charge in [-0.15, -0.1) is 0 Å². The average molecular weight is 284 g/mol. The van der Waals surface area contributed by atoms with Gasteiger partial charge < -0.3 is 4.74 Å². The number of hydrogen-bond donors (Lipinski definition) is 0. The maximum Gasteiger partial charge on any atom is 0.130 e. The van der Waals surface area contributed by atoms with Gasteiger partial charge in [0.2, 0.25) is 0 Å². The van der Waals surface area contributed by atoms with E-state index in [2.05, 4.69) is 0 Å². The molecule has 0 amide bonds. The second-order valence-corrected chi connectivity index (χ2v) is 6.70. The summed E-state index contributed by atoms with van der Waals surface area (Å²) in [7, 11) is -0.872. The third kappa shape index (κ3) is 4.30. The van der Waals surface area contributed by atoms with Gasteiger partial charge in [0.1, 0.15) is 11.6 Å². The molecule has 1 aromatic carbocycles. The first-order chi connectivity index (χ1) is 9.16. The number of halogens is 1. The zero-order valence-corrected chi connectivity index (χ0v) is 12.2. The molecule has 0 radical (unpaired) electrons. The number of benzene rings is 1. The molecule has 2 nitrogen and oxygen atoms in total. The molecule has 1 aromatic rings. The van der Waals surface area contributed by atoms with Gasteiger partial charge in [0, 0.05) is 23.1 Å². The molecule has 1 aliphatic carbocycles. The first kappa shape index (κ1) is 14.5. The van der Waals surface area contributed by atoms with E-state index >= 15 is 0 Å². The highest BCUT2D eigenvalue weighted by atomic mass is 32.2. The highest BCUT2D eigenvalue weighted by molar-refractivity contribution is 7.84. The summed E-state index contributed by atoms with van der Waals surface area (Å²) < 4.78 is 30.4. The summed E-state index contributed by atoms with van der Waals surface area (Å²) in [6, 6.07) is 5.14. The third-order valence-electron chi connectivity index (χ3n) is 3.66. The lowest BCUT2D eigenvalue weighted by atomic mass is 9.84. The minimum absolute atomic E-state index is 0.165. The van der Waals surface area contributed by atoms with Crippen molar-refractivity contribution in [2.45, 2.75) is 38.0 Å². The molecule has 0 aromatic heterocycles. The standard InChI is InChI=1S/C15H21FO2S/c1-19(17)10-9-18-13-7-8-14(15(16)11-13)12-5-3-2-4-6-12/h7-8,11-12H,2-6,9-10H2,1H3. The zero-order chi connectivity index (χ0) is 13.7. The molecule has 0 heterocycles. The lowest BCUT2D eigenvalue weighted by Crippen LogP contribution is -2.09. The van der Waals surface area contributed by atoms with Crippen molar-refractivity contribution in [1.82, 2.24) is 0 Å². The first-order valence-corrected chi connectivity index (χ1v) is 8.62. The smallest absolute Gasteiger partial charge is 0.130 e. The van der Waals surface area contributed by atoms with Crippen LogP contribution >= 0.6 is 0 Å². The van der Waals surface area contributed by atoms with E-state index in [1.54, 1.807) is 6.26 Å². The summed E-state index contributed by atoms with van der Waals surface area (Å²) in [4.78, 5) is 0. The molecule has 19 heavy (non-hydrogen) atoms. The largest absolute Gasteiger partial charge is 0.493 e. The summed E-state index contributed by atoms with van der Waals surface area (Å²) in [6.07, 6.45) is 7.48. The summed E-state index contributed by atoms with van der Waals surface area (Å²) in [5, 5.41) is 0. The van der Waals surface area contributed by atoms with Crippen LogP contribution in [-0.4, -0.2) is 22.8 Å². The van der Waals surface area contributed by atoms with Crippen molar-refractivity contribution in [1.29, 1.82) is 0 Å². The number of rotatable bonds is 5. The minimum Gasteiger partial charge on any atom is -0.493 e. The molecular weight excluding hydrogens is 263 g/mol. The van der Waals surface area contributed by atoms with Crippen LogP contribution in [0.3, 0.4) is 0 Å². The quantitative estimate of drug-likeness (QED) is 0.825. The molecule has 1 saturated carbocycles. The van der Waals surface area contributed by atoms with Gasteiger partial charge in [-0.25, -0.2) is 4.39 Å². The molecule has 0 saturated heterocycles. The van der Waals surface area contributed by atoms with Crippen molar-refractivity contribution >= 4 is 10.8 Å². The van der Waals surface area contributed by atoms with Crippen molar-refractivity contribution < 1.29 is 13.3 Å². The number of ether oxygens (including phenoxy) is 1. The predicted molar refractivity (Wildman–Crippen MR) is 76.7 cm³/mol. The fraction of sp³-hybridized carbons (Fsp3) is 0.600. The van der Waals surface area contributed by atoms with E-state index in [4.69, 9.17) is 4.74 Å². The Labute approximate surface area is 116 Å². The van der Waals surface area contributed by atoms with Crippen LogP contribution in [-0.2, 0) is 10.8 Å². The maximum atomic E-state index is 14.1. The molecule has 1 unspecified atom stereocenters. The highest BCUT2D eigenvalue weighted by Gasteiger charge is 2.19. The second-order valence-electron chi connectivity index (χ2n) is 5.14. The Hall–Kier alpha value is -0.900. The Balaban J connectivity index is 1.98. The van der Waals surface area contributed by atoms with Crippen LogP contribution in [0.2, 0.25) is 0 Å². The van der Waals surface area contributed by atoms with Crippen molar-refractivity contribution in [2.24, 2.45) is 0 Å². The van der Waals surface area contributed by atoms with Crippen molar-refractivity contribution in [3.63, 3.8) is 0 Å². The Morgan fingerprint density at radius 1 is 1.32 bits per heavy atom.